The highest BCUT2D eigenvalue weighted by Gasteiger charge is 2.62. The number of ketones is 1. The summed E-state index contributed by atoms with van der Waals surface area (Å²) in [5.74, 6) is -0.252. The lowest BCUT2D eigenvalue weighted by Crippen LogP contribution is -2.56. The lowest BCUT2D eigenvalue weighted by molar-refractivity contribution is -0.140. The number of benzene rings is 1. The number of Topliss-reactive ketones (excluding diaryl/α,β-unsaturated/α-hetero) is 1. The Hall–Kier alpha value is -4.40. The Morgan fingerprint density at radius 3 is 2.50 bits per heavy atom. The number of ether oxygens (including phenoxy) is 3. The molecule has 15 heteroatoms. The second kappa shape index (κ2) is 15.5. The van der Waals surface area contributed by atoms with Crippen molar-refractivity contribution in [1.29, 1.82) is 0 Å². The molecule has 5 atom stereocenters. The summed E-state index contributed by atoms with van der Waals surface area (Å²) >= 11 is 0. The fraction of sp³-hybridized carbons (Fsp3) is 0.634. The Bertz CT molecular complexity index is 2030. The topological polar surface area (TPSA) is 174 Å². The van der Waals surface area contributed by atoms with E-state index in [-0.39, 0.29) is 49.1 Å². The Balaban J connectivity index is 1.22. The number of sulfonamides is 1. The van der Waals surface area contributed by atoms with E-state index < -0.39 is 44.3 Å². The van der Waals surface area contributed by atoms with E-state index in [1.165, 1.54) is 4.90 Å². The summed E-state index contributed by atoms with van der Waals surface area (Å²) in [7, 11) is -2.36. The first kappa shape index (κ1) is 39.8. The smallest absolute Gasteiger partial charge is 0.318 e. The minimum absolute atomic E-state index is 0.0555. The van der Waals surface area contributed by atoms with Gasteiger partial charge in [-0.25, -0.2) is 18.2 Å². The first-order valence-electron chi connectivity index (χ1n) is 20.1. The van der Waals surface area contributed by atoms with E-state index in [1.54, 1.807) is 25.0 Å². The number of methoxy groups -OCH3 is 1. The molecule has 4 fully saturated rings. The molecule has 1 aromatic heterocycles. The fourth-order valence-electron chi connectivity index (χ4n) is 8.20. The summed E-state index contributed by atoms with van der Waals surface area (Å²) in [5, 5.41) is 3.68. The maximum atomic E-state index is 14.7. The van der Waals surface area contributed by atoms with Gasteiger partial charge >= 0.3 is 6.03 Å². The summed E-state index contributed by atoms with van der Waals surface area (Å²) in [6.07, 6.45) is 8.67. The van der Waals surface area contributed by atoms with Gasteiger partial charge in [0.05, 0.1) is 41.5 Å². The van der Waals surface area contributed by atoms with Crippen LogP contribution < -0.4 is 24.2 Å². The maximum absolute atomic E-state index is 14.7. The summed E-state index contributed by atoms with van der Waals surface area (Å²) in [4.78, 5) is 64.4. The van der Waals surface area contributed by atoms with Crippen LogP contribution in [-0.2, 0) is 24.4 Å². The van der Waals surface area contributed by atoms with Crippen LogP contribution in [0.1, 0.15) is 97.0 Å². The van der Waals surface area contributed by atoms with Crippen molar-refractivity contribution in [1.82, 2.24) is 24.8 Å². The van der Waals surface area contributed by atoms with Gasteiger partial charge in [-0.1, -0.05) is 25.0 Å². The monoisotopic (exact) mass is 793 g/mol. The molecule has 2 aliphatic carbocycles. The van der Waals surface area contributed by atoms with Crippen LogP contribution in [0.3, 0.4) is 0 Å². The van der Waals surface area contributed by atoms with E-state index in [2.05, 4.69) is 10.0 Å². The number of aromatic nitrogens is 1. The number of allylic oxidation sites excluding steroid dienone is 2. The molecule has 304 valence electrons. The molecule has 2 N–H and O–H groups in total. The quantitative estimate of drug-likeness (QED) is 0.331. The molecule has 1 aromatic carbocycles. The van der Waals surface area contributed by atoms with E-state index >= 15 is 0 Å². The number of urea groups is 1. The van der Waals surface area contributed by atoms with Crippen LogP contribution in [0.4, 0.5) is 4.79 Å². The average molecular weight is 794 g/mol. The number of amides is 4. The minimum Gasteiger partial charge on any atom is -0.496 e. The number of hydrogen-bond donors (Lipinski definition) is 2. The zero-order valence-corrected chi connectivity index (χ0v) is 33.9. The molecule has 5 aliphatic rings. The molecule has 0 radical (unpaired) electrons. The number of fused-ring (bicyclic) bond motifs is 3. The molecule has 4 heterocycles. The van der Waals surface area contributed by atoms with Gasteiger partial charge in [0.2, 0.25) is 27.7 Å². The molecule has 2 saturated carbocycles. The average Bonchev–Trinajstić information content (AvgIpc) is 3.99. The van der Waals surface area contributed by atoms with Crippen molar-refractivity contribution in [2.75, 3.05) is 26.7 Å². The molecular weight excluding hydrogens is 739 g/mol. The molecule has 4 amide bonds. The van der Waals surface area contributed by atoms with Crippen molar-refractivity contribution >= 4 is 44.6 Å². The Morgan fingerprint density at radius 1 is 1.05 bits per heavy atom. The molecule has 0 spiro atoms. The third-order valence-corrected chi connectivity index (χ3v) is 14.4. The van der Waals surface area contributed by atoms with E-state index in [0.29, 0.717) is 73.5 Å². The van der Waals surface area contributed by atoms with E-state index in [4.69, 9.17) is 19.2 Å². The molecule has 56 heavy (non-hydrogen) atoms. The van der Waals surface area contributed by atoms with Gasteiger partial charge in [-0.3, -0.25) is 19.1 Å². The van der Waals surface area contributed by atoms with Gasteiger partial charge in [-0.2, -0.15) is 0 Å². The predicted molar refractivity (Wildman–Crippen MR) is 209 cm³/mol. The molecule has 2 saturated heterocycles. The molecule has 0 unspecified atom stereocenters. The van der Waals surface area contributed by atoms with Gasteiger partial charge in [-0.15, -0.1) is 0 Å². The molecule has 7 rings (SSSR count). The normalized spacial score (nSPS) is 28.2. The predicted octanol–water partition coefficient (Wildman–Crippen LogP) is 4.96. The molecule has 3 aliphatic heterocycles. The van der Waals surface area contributed by atoms with Gasteiger partial charge in [0.15, 0.2) is 5.78 Å². The van der Waals surface area contributed by atoms with Crippen molar-refractivity contribution in [2.24, 2.45) is 11.3 Å². The zero-order valence-electron chi connectivity index (χ0n) is 33.1. The highest BCUT2D eigenvalue weighted by Crippen LogP contribution is 2.57. The summed E-state index contributed by atoms with van der Waals surface area (Å²) in [6.45, 7) is 8.61. The lowest BCUT2D eigenvalue weighted by atomic mass is 9.91. The fourth-order valence-corrected chi connectivity index (χ4v) is 9.54. The first-order chi connectivity index (χ1) is 26.6. The second-order valence-electron chi connectivity index (χ2n) is 16.8. The third-order valence-electron chi connectivity index (χ3n) is 12.3. The molecular formula is C41H55N5O9S. The van der Waals surface area contributed by atoms with Crippen molar-refractivity contribution in [2.45, 2.75) is 127 Å². The Kier molecular flexibility index (Phi) is 11.0. The highest BCUT2D eigenvalue weighted by molar-refractivity contribution is 7.91. The van der Waals surface area contributed by atoms with Crippen LogP contribution in [0.15, 0.2) is 30.4 Å². The van der Waals surface area contributed by atoms with Crippen LogP contribution >= 0.6 is 0 Å². The van der Waals surface area contributed by atoms with E-state index in [9.17, 15) is 27.6 Å². The Labute approximate surface area is 329 Å². The first-order valence-corrected chi connectivity index (χ1v) is 21.6. The number of hydrogen-bond acceptors (Lipinski definition) is 10. The largest absolute Gasteiger partial charge is 0.496 e. The molecule has 0 bridgehead atoms. The van der Waals surface area contributed by atoms with Gasteiger partial charge in [0, 0.05) is 42.9 Å². The van der Waals surface area contributed by atoms with E-state index in [0.717, 1.165) is 31.2 Å². The summed E-state index contributed by atoms with van der Waals surface area (Å²) < 4.78 is 46.1. The van der Waals surface area contributed by atoms with Crippen molar-refractivity contribution in [3.8, 4) is 17.4 Å². The number of aryl methyl sites for hydroxylation is 1. The van der Waals surface area contributed by atoms with Crippen LogP contribution in [-0.4, -0.2) is 103 Å². The number of likely N-dealkylation sites (tertiary alicyclic amines) is 1. The number of nitrogens with one attached hydrogen (secondary N) is 2. The number of carbonyl (C=O) groups excluding carboxylic acids is 4. The van der Waals surface area contributed by atoms with Crippen LogP contribution in [0.5, 0.6) is 17.4 Å². The van der Waals surface area contributed by atoms with Gasteiger partial charge < -0.3 is 29.3 Å². The number of rotatable bonds is 9. The van der Waals surface area contributed by atoms with Crippen molar-refractivity contribution < 1.29 is 41.8 Å². The van der Waals surface area contributed by atoms with Crippen molar-refractivity contribution in [3.05, 3.63) is 35.9 Å². The maximum Gasteiger partial charge on any atom is 0.318 e. The van der Waals surface area contributed by atoms with Crippen LogP contribution in [0.2, 0.25) is 0 Å². The van der Waals surface area contributed by atoms with Crippen LogP contribution in [0.25, 0.3) is 10.9 Å². The summed E-state index contributed by atoms with van der Waals surface area (Å²) in [5.41, 5.74) is 0.164. The minimum atomic E-state index is -3.95. The lowest BCUT2D eigenvalue weighted by Gasteiger charge is -2.34. The SMILES string of the molecule is COc1ccc2c(O[C@@H]3C[C@H]4C(=O)C[C@]5(C(=O)NS(=O)(=O)C6(C)CC6)C[C@H]5/C=C\CCCCC[C@H](NC(=O)N5CCC5)C(=O)N4C3)cc(OC(C)C)nc2c1C. The molecule has 14 nitrogen and oxygen atoms in total. The van der Waals surface area contributed by atoms with Crippen molar-refractivity contribution in [3.63, 3.8) is 0 Å². The van der Waals surface area contributed by atoms with Gasteiger partial charge in [0.25, 0.3) is 0 Å². The Morgan fingerprint density at radius 2 is 1.82 bits per heavy atom. The summed E-state index contributed by atoms with van der Waals surface area (Å²) in [6, 6.07) is 3.25. The van der Waals surface area contributed by atoms with Crippen LogP contribution in [0, 0.1) is 18.3 Å². The third kappa shape index (κ3) is 7.92. The van der Waals surface area contributed by atoms with E-state index in [1.807, 2.05) is 45.1 Å². The number of nitrogens with zero attached hydrogens (tertiary/aromatic N) is 3. The standard InChI is InChI=1S/C41H55N5O9S/c1-25(2)54-35-21-34(29-14-15-33(53-5)26(3)36(29)43-35)55-28-20-31-32(47)23-41(38(49)44-56(51,52)40(4)16-17-40)22-27(41)12-9-7-6-8-10-13-30(37(48)46(31)24-28)42-39(50)45-18-11-19-45/h9,12,14-15,21,25,27-28,30-31H,6-8,10-11,13,16-20,22-24H2,1-5H3,(H,42,50)(H,44,49)/b12-9-/t27-,28-,30+,31+,41-/m1/s1. The molecule has 2 aromatic rings. The number of pyridine rings is 1. The zero-order chi connectivity index (χ0) is 40.0. The second-order valence-corrected chi connectivity index (χ2v) is 19.0. The van der Waals surface area contributed by atoms with Gasteiger partial charge in [0.1, 0.15) is 23.6 Å². The number of carbonyl (C=O) groups is 4. The van der Waals surface area contributed by atoms with Gasteiger partial charge in [-0.05, 0) is 90.7 Å². The highest BCUT2D eigenvalue weighted by atomic mass is 32.2.